The maximum absolute atomic E-state index is 6.04. The topological polar surface area (TPSA) is 27.7 Å². The molecule has 0 amide bonds. The third-order valence-corrected chi connectivity index (χ3v) is 4.79. The van der Waals surface area contributed by atoms with Gasteiger partial charge in [0, 0.05) is 11.8 Å². The first-order valence-corrected chi connectivity index (χ1v) is 5.60. The minimum absolute atomic E-state index is 0.348. The Kier molecular flexibility index (Phi) is 1.18. The van der Waals surface area contributed by atoms with Gasteiger partial charge in [0.2, 0.25) is 0 Å². The maximum atomic E-state index is 6.04. The molecule has 0 spiro atoms. The average Bonchev–Trinajstić information content (AvgIpc) is 2.72. The molecule has 0 aromatic heterocycles. The van der Waals surface area contributed by atoms with Crippen molar-refractivity contribution in [2.24, 2.45) is 23.7 Å². The molecule has 0 radical (unpaired) electrons. The van der Waals surface area contributed by atoms with E-state index in [2.05, 4.69) is 13.8 Å². The van der Waals surface area contributed by atoms with Crippen molar-refractivity contribution in [2.75, 3.05) is 13.2 Å². The summed E-state index contributed by atoms with van der Waals surface area (Å²) in [7, 11) is 0. The Morgan fingerprint density at radius 3 is 1.93 bits per heavy atom. The molecule has 0 aromatic carbocycles. The lowest BCUT2D eigenvalue weighted by Crippen LogP contribution is -2.34. The molecule has 4 fully saturated rings. The van der Waals surface area contributed by atoms with Crippen LogP contribution < -0.4 is 0 Å². The minimum atomic E-state index is -0.348. The molecule has 0 unspecified atom stereocenters. The van der Waals surface area contributed by atoms with Crippen LogP contribution in [0.5, 0.6) is 0 Å². The van der Waals surface area contributed by atoms with Gasteiger partial charge in [0.1, 0.15) is 0 Å². The molecular weight excluding hydrogens is 180 g/mol. The van der Waals surface area contributed by atoms with E-state index >= 15 is 0 Å². The Hall–Kier alpha value is -0.120. The summed E-state index contributed by atoms with van der Waals surface area (Å²) >= 11 is 0. The van der Waals surface area contributed by atoms with Crippen LogP contribution in [0.2, 0.25) is 0 Å². The van der Waals surface area contributed by atoms with E-state index in [1.807, 2.05) is 0 Å². The Bertz CT molecular complexity index is 277. The fourth-order valence-electron chi connectivity index (χ4n) is 4.46. The molecule has 1 aliphatic carbocycles. The molecule has 3 saturated heterocycles. The average molecular weight is 196 g/mol. The van der Waals surface area contributed by atoms with Crippen LogP contribution in [0.15, 0.2) is 0 Å². The monoisotopic (exact) mass is 196 g/mol. The summed E-state index contributed by atoms with van der Waals surface area (Å²) < 4.78 is 17.7. The van der Waals surface area contributed by atoms with Crippen molar-refractivity contribution < 1.29 is 14.2 Å². The summed E-state index contributed by atoms with van der Waals surface area (Å²) in [6, 6.07) is 0. The van der Waals surface area contributed by atoms with E-state index in [0.29, 0.717) is 11.8 Å². The predicted octanol–water partition coefficient (Wildman–Crippen LogP) is 1.38. The molecule has 1 saturated carbocycles. The van der Waals surface area contributed by atoms with Crippen LogP contribution in [0, 0.1) is 23.7 Å². The minimum Gasteiger partial charge on any atom is -0.349 e. The second kappa shape index (κ2) is 2.04. The standard InChI is InChI=1S/C11H16O3/c1-10-8-6(4-12-10)3-7-5-13-11(2,14-10)9(7)8/h6-9H,3-5H2,1-2H3/t6-,7+,8+,9-,10-,11+. The van der Waals surface area contributed by atoms with Gasteiger partial charge in [-0.1, -0.05) is 0 Å². The van der Waals surface area contributed by atoms with Gasteiger partial charge in [-0.05, 0) is 32.1 Å². The molecule has 3 heteroatoms. The van der Waals surface area contributed by atoms with Gasteiger partial charge in [-0.15, -0.1) is 0 Å². The highest BCUT2D eigenvalue weighted by molar-refractivity contribution is 5.11. The normalized spacial score (nSPS) is 69.0. The van der Waals surface area contributed by atoms with E-state index in [1.165, 1.54) is 6.42 Å². The molecule has 0 N–H and O–H groups in total. The van der Waals surface area contributed by atoms with Crippen LogP contribution in [-0.2, 0) is 14.2 Å². The largest absolute Gasteiger partial charge is 0.349 e. The lowest BCUT2D eigenvalue weighted by molar-refractivity contribution is -0.294. The van der Waals surface area contributed by atoms with Crippen LogP contribution in [-0.4, -0.2) is 24.8 Å². The van der Waals surface area contributed by atoms with E-state index in [9.17, 15) is 0 Å². The summed E-state index contributed by atoms with van der Waals surface area (Å²) in [6.07, 6.45) is 1.28. The first-order valence-electron chi connectivity index (χ1n) is 5.60. The predicted molar refractivity (Wildman–Crippen MR) is 48.4 cm³/mol. The number of rotatable bonds is 0. The van der Waals surface area contributed by atoms with Crippen LogP contribution in [0.25, 0.3) is 0 Å². The van der Waals surface area contributed by atoms with Gasteiger partial charge in [-0.3, -0.25) is 0 Å². The Balaban J connectivity index is 1.87. The first-order chi connectivity index (χ1) is 6.62. The van der Waals surface area contributed by atoms with E-state index in [4.69, 9.17) is 14.2 Å². The van der Waals surface area contributed by atoms with Crippen molar-refractivity contribution in [3.8, 4) is 0 Å². The molecular formula is C11H16O3. The zero-order valence-electron chi connectivity index (χ0n) is 8.66. The van der Waals surface area contributed by atoms with Crippen molar-refractivity contribution >= 4 is 0 Å². The van der Waals surface area contributed by atoms with E-state index < -0.39 is 0 Å². The second-order valence-corrected chi connectivity index (χ2v) is 5.56. The molecule has 4 rings (SSSR count). The summed E-state index contributed by atoms with van der Waals surface area (Å²) in [5.41, 5.74) is 0. The van der Waals surface area contributed by atoms with Crippen LogP contribution in [0.1, 0.15) is 20.3 Å². The first kappa shape index (κ1) is 8.08. The molecule has 3 aliphatic heterocycles. The fourth-order valence-corrected chi connectivity index (χ4v) is 4.46. The Morgan fingerprint density at radius 1 is 0.929 bits per heavy atom. The summed E-state index contributed by atoms with van der Waals surface area (Å²) in [5.74, 6) is 1.92. The van der Waals surface area contributed by atoms with Crippen molar-refractivity contribution in [3.05, 3.63) is 0 Å². The van der Waals surface area contributed by atoms with Gasteiger partial charge in [0.15, 0.2) is 11.6 Å². The molecule has 14 heavy (non-hydrogen) atoms. The fraction of sp³-hybridized carbons (Fsp3) is 1.00. The van der Waals surface area contributed by atoms with Crippen molar-refractivity contribution in [1.82, 2.24) is 0 Å². The molecule has 4 aliphatic rings. The Morgan fingerprint density at radius 2 is 1.43 bits per heavy atom. The third kappa shape index (κ3) is 0.668. The van der Waals surface area contributed by atoms with Crippen LogP contribution in [0.3, 0.4) is 0 Å². The summed E-state index contributed by atoms with van der Waals surface area (Å²) in [5, 5.41) is 0. The highest BCUT2D eigenvalue weighted by Crippen LogP contribution is 2.65. The van der Waals surface area contributed by atoms with E-state index in [1.54, 1.807) is 0 Å². The highest BCUT2D eigenvalue weighted by Gasteiger charge is 2.72. The zero-order chi connectivity index (χ0) is 9.55. The van der Waals surface area contributed by atoms with Gasteiger partial charge in [0.05, 0.1) is 13.2 Å². The van der Waals surface area contributed by atoms with Crippen molar-refractivity contribution in [1.29, 1.82) is 0 Å². The van der Waals surface area contributed by atoms with E-state index in [0.717, 1.165) is 25.0 Å². The van der Waals surface area contributed by atoms with Gasteiger partial charge in [-0.2, -0.15) is 0 Å². The zero-order valence-corrected chi connectivity index (χ0v) is 8.66. The smallest absolute Gasteiger partial charge is 0.172 e. The number of hydrogen-bond acceptors (Lipinski definition) is 3. The second-order valence-electron chi connectivity index (χ2n) is 5.56. The lowest BCUT2D eigenvalue weighted by Gasteiger charge is -2.27. The van der Waals surface area contributed by atoms with Gasteiger partial charge >= 0.3 is 0 Å². The molecule has 3 heterocycles. The van der Waals surface area contributed by atoms with Crippen LogP contribution >= 0.6 is 0 Å². The molecule has 0 aromatic rings. The summed E-state index contributed by atoms with van der Waals surface area (Å²) in [4.78, 5) is 0. The highest BCUT2D eigenvalue weighted by atomic mass is 16.8. The number of ether oxygens (including phenoxy) is 3. The SMILES string of the molecule is C[C@]12OC[C@@H]3C[C@@H]4CO[C@](C)(O1)[C@@H]4[C@@H]32. The maximum Gasteiger partial charge on any atom is 0.172 e. The van der Waals surface area contributed by atoms with E-state index in [-0.39, 0.29) is 11.6 Å². The van der Waals surface area contributed by atoms with Crippen LogP contribution in [0.4, 0.5) is 0 Å². The van der Waals surface area contributed by atoms with Gasteiger partial charge in [-0.25, -0.2) is 0 Å². The lowest BCUT2D eigenvalue weighted by atomic mass is 9.83. The Labute approximate surface area is 83.7 Å². The molecule has 78 valence electrons. The van der Waals surface area contributed by atoms with Gasteiger partial charge < -0.3 is 14.2 Å². The molecule has 6 atom stereocenters. The van der Waals surface area contributed by atoms with Crippen molar-refractivity contribution in [3.63, 3.8) is 0 Å². The quantitative estimate of drug-likeness (QED) is 0.585. The summed E-state index contributed by atoms with van der Waals surface area (Å²) in [6.45, 7) is 5.97. The van der Waals surface area contributed by atoms with Crippen molar-refractivity contribution in [2.45, 2.75) is 31.8 Å². The third-order valence-electron chi connectivity index (χ3n) is 4.79. The molecule has 0 bridgehead atoms. The molecule has 3 nitrogen and oxygen atoms in total. The number of hydrogen-bond donors (Lipinski definition) is 0. The van der Waals surface area contributed by atoms with Gasteiger partial charge in [0.25, 0.3) is 0 Å².